The van der Waals surface area contributed by atoms with Gasteiger partial charge < -0.3 is 13.9 Å². The molecule has 5 aromatic carbocycles. The first-order valence-corrected chi connectivity index (χ1v) is 15.5. The zero-order valence-electron chi connectivity index (χ0n) is 25.4. The first kappa shape index (κ1) is 29.6. The normalized spacial score (nSPS) is 11.2. The second kappa shape index (κ2) is 12.1. The smallest absolute Gasteiger partial charge is 0.148 e. The van der Waals surface area contributed by atoms with E-state index in [1.807, 2.05) is 115 Å². The number of phenolic OH excluding ortho intramolecular Hbond substituents is 1. The van der Waals surface area contributed by atoms with Crippen molar-refractivity contribution in [1.29, 1.82) is 0 Å². The quantitative estimate of drug-likeness (QED) is 0.176. The van der Waals surface area contributed by atoms with E-state index in [-0.39, 0.29) is 26.8 Å². The molecule has 0 aliphatic carbocycles. The summed E-state index contributed by atoms with van der Waals surface area (Å²) in [7, 11) is 0. The van der Waals surface area contributed by atoms with Crippen LogP contribution in [0.3, 0.4) is 0 Å². The molecular weight excluding hydrogens is 774 g/mol. The molecule has 0 atom stereocenters. The van der Waals surface area contributed by atoms with Crippen LogP contribution >= 0.6 is 0 Å². The van der Waals surface area contributed by atoms with Crippen molar-refractivity contribution in [2.75, 3.05) is 0 Å². The van der Waals surface area contributed by atoms with Crippen LogP contribution in [0.2, 0.25) is 0 Å². The van der Waals surface area contributed by atoms with Crippen molar-refractivity contribution in [3.05, 3.63) is 158 Å². The molecule has 0 amide bonds. The Morgan fingerprint density at radius 2 is 1.29 bits per heavy atom. The topological polar surface area (TPSA) is 63.6 Å². The number of rotatable bonds is 5. The average Bonchev–Trinajstić information content (AvgIpc) is 3.71. The number of benzene rings is 5. The molecule has 0 aliphatic heterocycles. The van der Waals surface area contributed by atoms with E-state index in [1.165, 1.54) is 0 Å². The molecule has 48 heavy (non-hydrogen) atoms. The van der Waals surface area contributed by atoms with E-state index in [0.717, 1.165) is 66.9 Å². The van der Waals surface area contributed by atoms with Crippen LogP contribution in [-0.2, 0) is 21.1 Å². The van der Waals surface area contributed by atoms with Gasteiger partial charge in [-0.3, -0.25) is 9.97 Å². The summed E-state index contributed by atoms with van der Waals surface area (Å²) < 4.78 is 8.47. The van der Waals surface area contributed by atoms with Crippen LogP contribution in [0.4, 0.5) is 0 Å². The number of hydrogen-bond acceptors (Lipinski definition) is 4. The summed E-state index contributed by atoms with van der Waals surface area (Å²) in [5.74, 6) is 0.107. The zero-order chi connectivity index (χ0) is 31.3. The summed E-state index contributed by atoms with van der Waals surface area (Å²) in [5.41, 5.74) is 10.7. The first-order chi connectivity index (χ1) is 23.2. The van der Waals surface area contributed by atoms with Gasteiger partial charge in [-0.2, -0.15) is 0 Å². The molecule has 0 unspecified atom stereocenters. The molecule has 0 bridgehead atoms. The minimum atomic E-state index is 0. The Morgan fingerprint density at radius 1 is 0.583 bits per heavy atom. The largest absolute Gasteiger partial charge is 0.507 e. The van der Waals surface area contributed by atoms with Crippen LogP contribution in [0.1, 0.15) is 0 Å². The van der Waals surface area contributed by atoms with Crippen molar-refractivity contribution >= 4 is 27.6 Å². The fourth-order valence-corrected chi connectivity index (χ4v) is 6.43. The number of imidazole rings is 1. The van der Waals surface area contributed by atoms with Gasteiger partial charge >= 0.3 is 0 Å². The van der Waals surface area contributed by atoms with Gasteiger partial charge in [0, 0.05) is 55.1 Å². The Balaban J connectivity index is 0.00000336. The summed E-state index contributed by atoms with van der Waals surface area (Å²) in [5, 5.41) is 13.2. The summed E-state index contributed by atoms with van der Waals surface area (Å²) in [4.78, 5) is 10.2. The Bertz CT molecular complexity index is 2590. The minimum absolute atomic E-state index is 0. The maximum atomic E-state index is 11.3. The van der Waals surface area contributed by atoms with Gasteiger partial charge in [0.25, 0.3) is 0 Å². The van der Waals surface area contributed by atoms with Gasteiger partial charge in [0.1, 0.15) is 22.6 Å². The second-order valence-corrected chi connectivity index (χ2v) is 11.5. The number of phenols is 1. The van der Waals surface area contributed by atoms with Crippen molar-refractivity contribution < 1.29 is 30.6 Å². The van der Waals surface area contributed by atoms with E-state index in [4.69, 9.17) is 14.4 Å². The monoisotopic (exact) mass is 799 g/mol. The number of aromatic hydroxyl groups is 1. The number of pyridine rings is 2. The van der Waals surface area contributed by atoms with E-state index in [0.29, 0.717) is 16.8 Å². The number of para-hydroxylation sites is 1. The van der Waals surface area contributed by atoms with Gasteiger partial charge in [-0.1, -0.05) is 102 Å². The maximum absolute atomic E-state index is 11.3. The van der Waals surface area contributed by atoms with E-state index in [1.54, 1.807) is 6.07 Å². The fourth-order valence-electron chi connectivity index (χ4n) is 6.43. The zero-order valence-corrected chi connectivity index (χ0v) is 27.7. The van der Waals surface area contributed by atoms with Crippen LogP contribution in [0.25, 0.3) is 83.7 Å². The van der Waals surface area contributed by atoms with Crippen LogP contribution in [0.15, 0.2) is 156 Å². The second-order valence-electron chi connectivity index (χ2n) is 11.5. The maximum Gasteiger partial charge on any atom is 0.148 e. The summed E-state index contributed by atoms with van der Waals surface area (Å²) in [6.07, 6.45) is 2.04. The molecule has 9 aromatic rings. The number of aromatic nitrogens is 3. The van der Waals surface area contributed by atoms with Crippen molar-refractivity contribution in [3.8, 4) is 61.9 Å². The van der Waals surface area contributed by atoms with Crippen LogP contribution in [-0.4, -0.2) is 19.5 Å². The standard InChI is InChI=1S/C42H26N3O2.Pt/c46-36-22-21-33-32-18-7-8-19-37(32)47-42(33)39(36)35-26-31(27-12-3-1-4-13-27)25-34(43-35)29-16-11-17-30(24-29)40-41(28-14-5-2-6-15-28)45-23-10-9-20-38(45)44-40;/h1-23,25-26,46H;/q-1;. The fraction of sp³-hybridized carbons (Fsp3) is 0. The summed E-state index contributed by atoms with van der Waals surface area (Å²) >= 11 is 0. The Morgan fingerprint density at radius 3 is 2.12 bits per heavy atom. The third-order valence-corrected chi connectivity index (χ3v) is 8.62. The third-order valence-electron chi connectivity index (χ3n) is 8.62. The third kappa shape index (κ3) is 5.00. The number of hydrogen-bond donors (Lipinski definition) is 1. The van der Waals surface area contributed by atoms with E-state index >= 15 is 0 Å². The van der Waals surface area contributed by atoms with Crippen molar-refractivity contribution in [2.24, 2.45) is 0 Å². The number of nitrogens with zero attached hydrogens (tertiary/aromatic N) is 3. The van der Waals surface area contributed by atoms with Gasteiger partial charge in [0.15, 0.2) is 0 Å². The van der Waals surface area contributed by atoms with Gasteiger partial charge in [-0.15, -0.1) is 24.3 Å². The van der Waals surface area contributed by atoms with Gasteiger partial charge in [0.05, 0.1) is 11.3 Å². The van der Waals surface area contributed by atoms with Gasteiger partial charge in [0.2, 0.25) is 0 Å². The number of fused-ring (bicyclic) bond motifs is 4. The molecule has 4 aromatic heterocycles. The molecule has 5 nitrogen and oxygen atoms in total. The molecule has 232 valence electrons. The molecule has 0 fully saturated rings. The molecule has 0 saturated heterocycles. The molecular formula is C42H26N3O2Pt-. The van der Waals surface area contributed by atoms with E-state index in [9.17, 15) is 5.11 Å². The van der Waals surface area contributed by atoms with Crippen molar-refractivity contribution in [2.45, 2.75) is 0 Å². The molecule has 1 N–H and O–H groups in total. The van der Waals surface area contributed by atoms with Crippen molar-refractivity contribution in [3.63, 3.8) is 0 Å². The van der Waals surface area contributed by atoms with Gasteiger partial charge in [-0.25, -0.2) is 0 Å². The average molecular weight is 800 g/mol. The van der Waals surface area contributed by atoms with Crippen LogP contribution in [0, 0.1) is 6.07 Å². The number of furan rings is 1. The molecule has 6 heteroatoms. The van der Waals surface area contributed by atoms with E-state index in [2.05, 4.69) is 40.8 Å². The van der Waals surface area contributed by atoms with Crippen LogP contribution in [0.5, 0.6) is 5.75 Å². The molecule has 0 saturated carbocycles. The Labute approximate surface area is 291 Å². The van der Waals surface area contributed by atoms with Crippen LogP contribution < -0.4 is 0 Å². The predicted molar refractivity (Wildman–Crippen MR) is 188 cm³/mol. The summed E-state index contributed by atoms with van der Waals surface area (Å²) in [6.45, 7) is 0. The molecule has 9 rings (SSSR count). The minimum Gasteiger partial charge on any atom is -0.507 e. The van der Waals surface area contributed by atoms with Gasteiger partial charge in [-0.05, 0) is 53.1 Å². The molecule has 4 heterocycles. The summed E-state index contributed by atoms with van der Waals surface area (Å²) in [6, 6.07) is 51.9. The van der Waals surface area contributed by atoms with E-state index < -0.39 is 0 Å². The SMILES string of the molecule is Oc1ccc2c(oc3ccccc32)c1-c1cc(-c2ccccc2)cc(-c2[c-]c(-c3nc4ccccn4c3-c3ccccc3)ccc2)n1.[Pt]. The molecule has 0 radical (unpaired) electrons. The predicted octanol–water partition coefficient (Wildman–Crippen LogP) is 10.5. The molecule has 0 spiro atoms. The Hall–Kier alpha value is -5.77. The Kier molecular flexibility index (Phi) is 7.47. The molecule has 0 aliphatic rings. The van der Waals surface area contributed by atoms with Crippen molar-refractivity contribution in [1.82, 2.24) is 14.4 Å². The first-order valence-electron chi connectivity index (χ1n) is 15.5.